The molecule has 1 aliphatic carbocycles. The number of methoxy groups -OCH3 is 1. The minimum Gasteiger partial charge on any atom is -0.481 e. The van der Waals surface area contributed by atoms with Crippen LogP contribution in [0.25, 0.3) is 0 Å². The second-order valence-electron chi connectivity index (χ2n) is 7.59. The highest BCUT2D eigenvalue weighted by molar-refractivity contribution is 5.66. The van der Waals surface area contributed by atoms with E-state index in [1.54, 1.807) is 0 Å². The quantitative estimate of drug-likeness (QED) is 0.847. The first kappa shape index (κ1) is 16.8. The molecule has 122 valence electrons. The number of piperidine rings is 1. The van der Waals surface area contributed by atoms with Gasteiger partial charge in [-0.25, -0.2) is 0 Å². The van der Waals surface area contributed by atoms with Crippen LogP contribution < -0.4 is 0 Å². The van der Waals surface area contributed by atoms with E-state index in [-0.39, 0.29) is 12.0 Å². The van der Waals surface area contributed by atoms with E-state index >= 15 is 0 Å². The predicted octanol–water partition coefficient (Wildman–Crippen LogP) is 3.16. The predicted molar refractivity (Wildman–Crippen MR) is 83.4 cm³/mol. The lowest BCUT2D eigenvalue weighted by Crippen LogP contribution is -2.61. The van der Waals surface area contributed by atoms with Crippen molar-refractivity contribution in [2.45, 2.75) is 77.0 Å². The van der Waals surface area contributed by atoms with E-state index in [2.05, 4.69) is 25.7 Å². The smallest absolute Gasteiger partial charge is 0.303 e. The molecule has 2 rings (SSSR count). The summed E-state index contributed by atoms with van der Waals surface area (Å²) in [6.07, 6.45) is 6.12. The van der Waals surface area contributed by atoms with Crippen molar-refractivity contribution in [3.05, 3.63) is 0 Å². The molecular weight excluding hydrogens is 266 g/mol. The fourth-order valence-electron chi connectivity index (χ4n) is 4.74. The molecule has 21 heavy (non-hydrogen) atoms. The van der Waals surface area contributed by atoms with Gasteiger partial charge in [0.05, 0.1) is 6.10 Å². The summed E-state index contributed by atoms with van der Waals surface area (Å²) in [5.74, 6) is 0.734. The van der Waals surface area contributed by atoms with Crippen molar-refractivity contribution in [1.82, 2.24) is 4.90 Å². The van der Waals surface area contributed by atoms with Gasteiger partial charge in [-0.1, -0.05) is 6.92 Å². The number of likely N-dealkylation sites (tertiary alicyclic amines) is 1. The first-order valence-electron chi connectivity index (χ1n) is 8.36. The van der Waals surface area contributed by atoms with Crippen LogP contribution in [0.2, 0.25) is 0 Å². The van der Waals surface area contributed by atoms with E-state index in [0.29, 0.717) is 18.1 Å². The molecule has 1 saturated carbocycles. The fourth-order valence-corrected chi connectivity index (χ4v) is 4.74. The first-order valence-corrected chi connectivity index (χ1v) is 8.36. The fraction of sp³-hybridized carbons (Fsp3) is 0.941. The van der Waals surface area contributed by atoms with Crippen LogP contribution in [0.3, 0.4) is 0 Å². The Labute approximate surface area is 128 Å². The van der Waals surface area contributed by atoms with Gasteiger partial charge in [-0.2, -0.15) is 0 Å². The summed E-state index contributed by atoms with van der Waals surface area (Å²) >= 11 is 0. The number of fused-ring (bicyclic) bond motifs is 1. The van der Waals surface area contributed by atoms with Gasteiger partial charge >= 0.3 is 5.97 Å². The van der Waals surface area contributed by atoms with Gasteiger partial charge in [0.15, 0.2) is 0 Å². The molecule has 0 amide bonds. The highest BCUT2D eigenvalue weighted by Crippen LogP contribution is 2.45. The maximum atomic E-state index is 10.8. The molecule has 2 aliphatic rings. The summed E-state index contributed by atoms with van der Waals surface area (Å²) in [5, 5.41) is 8.88. The van der Waals surface area contributed by atoms with Crippen molar-refractivity contribution in [2.24, 2.45) is 11.8 Å². The number of carbonyl (C=O) groups is 1. The molecule has 4 heteroatoms. The van der Waals surface area contributed by atoms with Crippen LogP contribution in [0.5, 0.6) is 0 Å². The van der Waals surface area contributed by atoms with Gasteiger partial charge in [0.25, 0.3) is 0 Å². The molecule has 0 aromatic rings. The number of nitrogens with zero attached hydrogens (tertiary/aromatic N) is 1. The Bertz CT molecular complexity index is 369. The molecule has 4 atom stereocenters. The summed E-state index contributed by atoms with van der Waals surface area (Å²) in [5.41, 5.74) is 0.180. The third-order valence-electron chi connectivity index (χ3n) is 5.67. The van der Waals surface area contributed by atoms with Crippen molar-refractivity contribution in [2.75, 3.05) is 13.7 Å². The van der Waals surface area contributed by atoms with Gasteiger partial charge in [-0.3, -0.25) is 9.69 Å². The van der Waals surface area contributed by atoms with Gasteiger partial charge in [0.2, 0.25) is 0 Å². The number of carboxylic acid groups (broad SMARTS) is 1. The van der Waals surface area contributed by atoms with Gasteiger partial charge in [-0.05, 0) is 64.3 Å². The molecule has 1 N–H and O–H groups in total. The van der Waals surface area contributed by atoms with E-state index in [1.807, 2.05) is 7.11 Å². The Kier molecular flexibility index (Phi) is 5.31. The lowest BCUT2D eigenvalue weighted by Gasteiger charge is -2.56. The maximum absolute atomic E-state index is 10.8. The first-order chi connectivity index (χ1) is 9.85. The second-order valence-corrected chi connectivity index (χ2v) is 7.59. The van der Waals surface area contributed by atoms with E-state index in [1.165, 1.54) is 12.8 Å². The van der Waals surface area contributed by atoms with Crippen molar-refractivity contribution in [1.29, 1.82) is 0 Å². The zero-order valence-corrected chi connectivity index (χ0v) is 14.0. The van der Waals surface area contributed by atoms with E-state index in [4.69, 9.17) is 9.84 Å². The number of ether oxygens (including phenoxy) is 1. The Hall–Kier alpha value is -0.610. The summed E-state index contributed by atoms with van der Waals surface area (Å²) in [6, 6.07) is 0.601. The molecule has 1 heterocycles. The Morgan fingerprint density at radius 2 is 2.10 bits per heavy atom. The van der Waals surface area contributed by atoms with E-state index < -0.39 is 5.97 Å². The number of carboxylic acids is 1. The number of aliphatic carboxylic acids is 1. The zero-order chi connectivity index (χ0) is 15.6. The van der Waals surface area contributed by atoms with Crippen molar-refractivity contribution < 1.29 is 14.6 Å². The van der Waals surface area contributed by atoms with Crippen LogP contribution in [0.15, 0.2) is 0 Å². The Morgan fingerprint density at radius 1 is 1.38 bits per heavy atom. The van der Waals surface area contributed by atoms with Crippen LogP contribution >= 0.6 is 0 Å². The van der Waals surface area contributed by atoms with Crippen molar-refractivity contribution >= 4 is 5.97 Å². The SMILES string of the molecule is COC1CCC2C(C1)C(C)CC(C)(C)N2CCCC(=O)O. The molecule has 0 aromatic carbocycles. The van der Waals surface area contributed by atoms with Crippen LogP contribution in [-0.2, 0) is 9.53 Å². The molecular formula is C17H31NO3. The van der Waals surface area contributed by atoms with Crippen LogP contribution in [-0.4, -0.2) is 47.3 Å². The molecule has 0 radical (unpaired) electrons. The number of hydrogen-bond donors (Lipinski definition) is 1. The summed E-state index contributed by atoms with van der Waals surface area (Å²) < 4.78 is 5.59. The highest BCUT2D eigenvalue weighted by atomic mass is 16.5. The largest absolute Gasteiger partial charge is 0.481 e. The van der Waals surface area contributed by atoms with Gasteiger partial charge in [0.1, 0.15) is 0 Å². The number of rotatable bonds is 5. The average molecular weight is 297 g/mol. The molecule has 1 saturated heterocycles. The van der Waals surface area contributed by atoms with Crippen molar-refractivity contribution in [3.8, 4) is 0 Å². The average Bonchev–Trinajstić information content (AvgIpc) is 2.41. The molecule has 1 aliphatic heterocycles. The summed E-state index contributed by atoms with van der Waals surface area (Å²) in [7, 11) is 1.83. The molecule has 2 fully saturated rings. The van der Waals surface area contributed by atoms with Crippen molar-refractivity contribution in [3.63, 3.8) is 0 Å². The van der Waals surface area contributed by atoms with E-state index in [9.17, 15) is 4.79 Å². The third kappa shape index (κ3) is 3.78. The van der Waals surface area contributed by atoms with Crippen LogP contribution in [0.4, 0.5) is 0 Å². The Balaban J connectivity index is 2.07. The molecule has 0 aromatic heterocycles. The topological polar surface area (TPSA) is 49.8 Å². The zero-order valence-electron chi connectivity index (χ0n) is 14.0. The monoisotopic (exact) mass is 297 g/mol. The van der Waals surface area contributed by atoms with Crippen LogP contribution in [0, 0.1) is 11.8 Å². The maximum Gasteiger partial charge on any atom is 0.303 e. The summed E-state index contributed by atoms with van der Waals surface area (Å²) in [4.78, 5) is 13.4. The summed E-state index contributed by atoms with van der Waals surface area (Å²) in [6.45, 7) is 7.93. The molecule has 4 nitrogen and oxygen atoms in total. The molecule has 0 spiro atoms. The van der Waals surface area contributed by atoms with E-state index in [0.717, 1.165) is 31.7 Å². The second kappa shape index (κ2) is 6.66. The standard InChI is InChI=1S/C17H31NO3/c1-12-11-17(2,3)18(9-5-6-16(19)20)15-8-7-13(21-4)10-14(12)15/h12-15H,5-11H2,1-4H3,(H,19,20). The lowest BCUT2D eigenvalue weighted by atomic mass is 9.66. The van der Waals surface area contributed by atoms with Gasteiger partial charge in [-0.15, -0.1) is 0 Å². The van der Waals surface area contributed by atoms with Crippen LogP contribution in [0.1, 0.15) is 59.3 Å². The number of hydrogen-bond acceptors (Lipinski definition) is 3. The molecule has 0 bridgehead atoms. The van der Waals surface area contributed by atoms with Gasteiger partial charge in [0, 0.05) is 25.1 Å². The third-order valence-corrected chi connectivity index (χ3v) is 5.67. The lowest BCUT2D eigenvalue weighted by molar-refractivity contribution is -0.137. The Morgan fingerprint density at radius 3 is 2.71 bits per heavy atom. The normalized spacial score (nSPS) is 36.2. The minimum absolute atomic E-state index is 0.180. The minimum atomic E-state index is -0.683. The highest BCUT2D eigenvalue weighted by Gasteiger charge is 2.47. The molecule has 4 unspecified atom stereocenters. The van der Waals surface area contributed by atoms with Gasteiger partial charge < -0.3 is 9.84 Å².